The summed E-state index contributed by atoms with van der Waals surface area (Å²) in [4.78, 5) is 1.47. The molecule has 2 aromatic rings. The van der Waals surface area contributed by atoms with E-state index in [4.69, 9.17) is 11.6 Å². The smallest absolute Gasteiger partial charge is 0.167 e. The van der Waals surface area contributed by atoms with Crippen molar-refractivity contribution in [3.63, 3.8) is 0 Å². The number of rotatable bonds is 4. The van der Waals surface area contributed by atoms with Crippen LogP contribution in [0.15, 0.2) is 24.3 Å². The molecule has 1 aromatic heterocycles. The van der Waals surface area contributed by atoms with Crippen molar-refractivity contribution in [2.45, 2.75) is 12.3 Å². The third kappa shape index (κ3) is 3.26. The van der Waals surface area contributed by atoms with E-state index in [1.165, 1.54) is 10.4 Å². The molecule has 1 atom stereocenters. The number of aromatic nitrogens is 4. The molecule has 0 aliphatic carbocycles. The Bertz CT molecular complexity index is 500. The van der Waals surface area contributed by atoms with Crippen molar-refractivity contribution in [3.8, 4) is 0 Å². The van der Waals surface area contributed by atoms with Crippen LogP contribution in [-0.4, -0.2) is 25.5 Å². The average Bonchev–Trinajstić information content (AvgIpc) is 2.72. The molecule has 2 rings (SSSR count). The first kappa shape index (κ1) is 12.5. The second kappa shape index (κ2) is 5.60. The van der Waals surface area contributed by atoms with Crippen LogP contribution in [0.1, 0.15) is 17.3 Å². The van der Waals surface area contributed by atoms with Crippen molar-refractivity contribution in [2.75, 3.05) is 5.33 Å². The van der Waals surface area contributed by atoms with Crippen LogP contribution in [-0.2, 0) is 13.5 Å². The summed E-state index contributed by atoms with van der Waals surface area (Å²) in [5.74, 6) is 1.05. The second-order valence-electron chi connectivity index (χ2n) is 3.81. The highest BCUT2D eigenvalue weighted by Crippen LogP contribution is 2.24. The van der Waals surface area contributed by atoms with Crippen LogP contribution in [0.5, 0.6) is 0 Å². The fourth-order valence-electron chi connectivity index (χ4n) is 1.65. The van der Waals surface area contributed by atoms with E-state index < -0.39 is 0 Å². The van der Waals surface area contributed by atoms with Gasteiger partial charge in [-0.25, -0.2) is 0 Å². The molecular weight excluding hydrogens is 304 g/mol. The molecule has 0 bridgehead atoms. The molecular formula is C11H12BrClN4. The Kier molecular flexibility index (Phi) is 4.12. The number of hydrogen-bond donors (Lipinski definition) is 0. The summed E-state index contributed by atoms with van der Waals surface area (Å²) in [7, 11) is 1.76. The third-order valence-corrected chi connectivity index (χ3v) is 3.50. The first-order chi connectivity index (χ1) is 8.19. The van der Waals surface area contributed by atoms with Crippen LogP contribution in [0.4, 0.5) is 0 Å². The summed E-state index contributed by atoms with van der Waals surface area (Å²) < 4.78 is 0. The fourth-order valence-corrected chi connectivity index (χ4v) is 2.45. The molecule has 17 heavy (non-hydrogen) atoms. The zero-order valence-corrected chi connectivity index (χ0v) is 11.7. The average molecular weight is 316 g/mol. The van der Waals surface area contributed by atoms with E-state index in [0.29, 0.717) is 5.92 Å². The number of halogens is 2. The maximum absolute atomic E-state index is 5.99. The maximum Gasteiger partial charge on any atom is 0.175 e. The van der Waals surface area contributed by atoms with Gasteiger partial charge in [0.15, 0.2) is 5.82 Å². The van der Waals surface area contributed by atoms with Gasteiger partial charge in [-0.15, -0.1) is 10.2 Å². The van der Waals surface area contributed by atoms with E-state index in [1.807, 2.05) is 18.2 Å². The van der Waals surface area contributed by atoms with Gasteiger partial charge in [-0.1, -0.05) is 39.7 Å². The minimum absolute atomic E-state index is 0.304. The zero-order chi connectivity index (χ0) is 12.3. The minimum atomic E-state index is 0.304. The van der Waals surface area contributed by atoms with Gasteiger partial charge in [0.1, 0.15) is 0 Å². The fraction of sp³-hybridized carbons (Fsp3) is 0.364. The number of tetrazole rings is 1. The standard InChI is InChI=1S/C11H12BrClN4/c1-17-15-11(14-16-17)6-9(7-12)8-3-2-4-10(13)5-8/h2-5,9H,6-7H2,1H3. The van der Waals surface area contributed by atoms with Gasteiger partial charge in [0.05, 0.1) is 7.05 Å². The monoisotopic (exact) mass is 314 g/mol. The van der Waals surface area contributed by atoms with Crippen molar-refractivity contribution >= 4 is 27.5 Å². The topological polar surface area (TPSA) is 43.6 Å². The molecule has 0 radical (unpaired) electrons. The van der Waals surface area contributed by atoms with Gasteiger partial charge in [0, 0.05) is 22.7 Å². The quantitative estimate of drug-likeness (QED) is 0.815. The van der Waals surface area contributed by atoms with Gasteiger partial charge >= 0.3 is 0 Å². The highest BCUT2D eigenvalue weighted by molar-refractivity contribution is 9.09. The molecule has 1 aromatic carbocycles. The van der Waals surface area contributed by atoms with Crippen LogP contribution in [0.3, 0.4) is 0 Å². The van der Waals surface area contributed by atoms with E-state index in [2.05, 4.69) is 37.4 Å². The zero-order valence-electron chi connectivity index (χ0n) is 9.35. The van der Waals surface area contributed by atoms with E-state index in [-0.39, 0.29) is 0 Å². The summed E-state index contributed by atoms with van der Waals surface area (Å²) in [5, 5.41) is 13.6. The van der Waals surface area contributed by atoms with Crippen LogP contribution < -0.4 is 0 Å². The highest BCUT2D eigenvalue weighted by atomic mass is 79.9. The Labute approximate surface area is 113 Å². The molecule has 0 N–H and O–H groups in total. The molecule has 1 unspecified atom stereocenters. The summed E-state index contributed by atoms with van der Waals surface area (Å²) in [6.45, 7) is 0. The number of nitrogens with zero attached hydrogens (tertiary/aromatic N) is 4. The predicted molar refractivity (Wildman–Crippen MR) is 70.5 cm³/mol. The number of alkyl halides is 1. The first-order valence-corrected chi connectivity index (χ1v) is 6.73. The molecule has 4 nitrogen and oxygen atoms in total. The molecule has 0 aliphatic rings. The number of benzene rings is 1. The van der Waals surface area contributed by atoms with Crippen LogP contribution in [0.2, 0.25) is 5.02 Å². The van der Waals surface area contributed by atoms with Crippen LogP contribution in [0, 0.1) is 0 Å². The lowest BCUT2D eigenvalue weighted by Gasteiger charge is -2.12. The van der Waals surface area contributed by atoms with Crippen molar-refractivity contribution in [3.05, 3.63) is 40.7 Å². The van der Waals surface area contributed by atoms with Crippen LogP contribution in [0.25, 0.3) is 0 Å². The Morgan fingerprint density at radius 3 is 2.88 bits per heavy atom. The lowest BCUT2D eigenvalue weighted by atomic mass is 9.98. The number of hydrogen-bond acceptors (Lipinski definition) is 3. The Hall–Kier alpha value is -0.940. The lowest BCUT2D eigenvalue weighted by Crippen LogP contribution is -2.06. The largest absolute Gasteiger partial charge is 0.175 e. The van der Waals surface area contributed by atoms with Crippen molar-refractivity contribution in [1.82, 2.24) is 20.2 Å². The Morgan fingerprint density at radius 2 is 2.29 bits per heavy atom. The van der Waals surface area contributed by atoms with Gasteiger partial charge in [-0.05, 0) is 22.9 Å². The lowest BCUT2D eigenvalue weighted by molar-refractivity contribution is 0.625. The molecule has 0 fully saturated rings. The molecule has 6 heteroatoms. The Balaban J connectivity index is 2.16. The van der Waals surface area contributed by atoms with Gasteiger partial charge in [0.2, 0.25) is 0 Å². The predicted octanol–water partition coefficient (Wildman–Crippen LogP) is 2.58. The van der Waals surface area contributed by atoms with Crippen molar-refractivity contribution < 1.29 is 0 Å². The highest BCUT2D eigenvalue weighted by Gasteiger charge is 2.14. The molecule has 0 spiro atoms. The molecule has 1 heterocycles. The van der Waals surface area contributed by atoms with Gasteiger partial charge in [-0.3, -0.25) is 0 Å². The molecule has 0 aliphatic heterocycles. The van der Waals surface area contributed by atoms with E-state index in [1.54, 1.807) is 7.05 Å². The summed E-state index contributed by atoms with van der Waals surface area (Å²) >= 11 is 9.51. The van der Waals surface area contributed by atoms with Crippen LogP contribution >= 0.6 is 27.5 Å². The molecule has 0 amide bonds. The Morgan fingerprint density at radius 1 is 1.47 bits per heavy atom. The summed E-state index contributed by atoms with van der Waals surface area (Å²) in [6.07, 6.45) is 0.749. The molecule has 0 saturated carbocycles. The third-order valence-electron chi connectivity index (χ3n) is 2.49. The van der Waals surface area contributed by atoms with E-state index in [0.717, 1.165) is 22.6 Å². The maximum atomic E-state index is 5.99. The second-order valence-corrected chi connectivity index (χ2v) is 4.89. The van der Waals surface area contributed by atoms with Gasteiger partial charge < -0.3 is 0 Å². The normalized spacial score (nSPS) is 12.6. The van der Waals surface area contributed by atoms with E-state index >= 15 is 0 Å². The van der Waals surface area contributed by atoms with Crippen molar-refractivity contribution in [1.29, 1.82) is 0 Å². The van der Waals surface area contributed by atoms with Gasteiger partial charge in [0.25, 0.3) is 0 Å². The summed E-state index contributed by atoms with van der Waals surface area (Å²) in [6, 6.07) is 7.87. The molecule has 0 saturated heterocycles. The minimum Gasteiger partial charge on any atom is -0.167 e. The van der Waals surface area contributed by atoms with E-state index in [9.17, 15) is 0 Å². The SMILES string of the molecule is Cn1nnc(CC(CBr)c2cccc(Cl)c2)n1. The first-order valence-electron chi connectivity index (χ1n) is 5.23. The van der Waals surface area contributed by atoms with Crippen molar-refractivity contribution in [2.24, 2.45) is 7.05 Å². The van der Waals surface area contributed by atoms with Gasteiger partial charge in [-0.2, -0.15) is 4.80 Å². The molecule has 90 valence electrons. The summed E-state index contributed by atoms with van der Waals surface area (Å²) in [5.41, 5.74) is 1.18. The number of aryl methyl sites for hydroxylation is 1.